The first-order valence-corrected chi connectivity index (χ1v) is 7.08. The van der Waals surface area contributed by atoms with Gasteiger partial charge in [-0.15, -0.1) is 0 Å². The Kier molecular flexibility index (Phi) is 3.54. The lowest BCUT2D eigenvalue weighted by atomic mass is 10.2. The number of esters is 1. The molecule has 1 heterocycles. The fourth-order valence-electron chi connectivity index (χ4n) is 2.34. The van der Waals surface area contributed by atoms with E-state index in [4.69, 9.17) is 4.74 Å². The number of hydrogen-bond acceptors (Lipinski definition) is 3. The van der Waals surface area contributed by atoms with Crippen LogP contribution in [0, 0.1) is 0 Å². The summed E-state index contributed by atoms with van der Waals surface area (Å²) in [5.74, 6) is 0.954. The third kappa shape index (κ3) is 2.90. The van der Waals surface area contributed by atoms with Gasteiger partial charge in [-0.2, -0.15) is 5.10 Å². The van der Waals surface area contributed by atoms with Crippen molar-refractivity contribution in [1.29, 1.82) is 0 Å². The zero-order valence-corrected chi connectivity index (χ0v) is 11.6. The number of aryl methyl sites for hydroxylation is 1. The highest BCUT2D eigenvalue weighted by Gasteiger charge is 2.28. The molecule has 0 spiro atoms. The molecule has 2 aromatic rings. The number of carbonyl (C=O) groups is 1. The van der Waals surface area contributed by atoms with Crippen LogP contribution in [0.5, 0.6) is 5.75 Å². The lowest BCUT2D eigenvalue weighted by Gasteiger charge is -2.02. The van der Waals surface area contributed by atoms with E-state index in [1.165, 1.54) is 18.5 Å². The molecule has 0 aliphatic heterocycles. The van der Waals surface area contributed by atoms with Gasteiger partial charge in [0.1, 0.15) is 5.75 Å². The van der Waals surface area contributed by atoms with Crippen LogP contribution in [0.2, 0.25) is 0 Å². The van der Waals surface area contributed by atoms with Crippen LogP contribution in [0.4, 0.5) is 0 Å². The number of hydrogen-bond donors (Lipinski definition) is 0. The monoisotopic (exact) mass is 270 g/mol. The third-order valence-electron chi connectivity index (χ3n) is 3.46. The van der Waals surface area contributed by atoms with Gasteiger partial charge in [-0.05, 0) is 38.0 Å². The van der Waals surface area contributed by atoms with Crippen LogP contribution in [0.3, 0.4) is 0 Å². The first-order chi connectivity index (χ1) is 9.76. The highest BCUT2D eigenvalue weighted by atomic mass is 16.5. The minimum Gasteiger partial charge on any atom is -0.426 e. The summed E-state index contributed by atoms with van der Waals surface area (Å²) in [5.41, 5.74) is 2.06. The van der Waals surface area contributed by atoms with E-state index >= 15 is 0 Å². The molecule has 104 valence electrons. The molecule has 1 aliphatic rings. The van der Waals surface area contributed by atoms with E-state index in [-0.39, 0.29) is 12.4 Å². The summed E-state index contributed by atoms with van der Waals surface area (Å²) >= 11 is 0. The van der Waals surface area contributed by atoms with Crippen LogP contribution < -0.4 is 4.74 Å². The van der Waals surface area contributed by atoms with Crippen molar-refractivity contribution >= 4 is 5.97 Å². The molecule has 0 N–H and O–H groups in total. The predicted octanol–water partition coefficient (Wildman–Crippen LogP) is 2.93. The van der Waals surface area contributed by atoms with Crippen LogP contribution in [-0.2, 0) is 17.8 Å². The normalized spacial score (nSPS) is 14.2. The highest BCUT2D eigenvalue weighted by molar-refractivity contribution is 5.74. The molecule has 3 rings (SSSR count). The fraction of sp³-hybridized carbons (Fsp3) is 0.375. The van der Waals surface area contributed by atoms with E-state index in [0.29, 0.717) is 11.7 Å². The Hall–Kier alpha value is -2.10. The molecule has 0 atom stereocenters. The molecule has 1 aromatic heterocycles. The smallest absolute Gasteiger partial charge is 0.317 e. The summed E-state index contributed by atoms with van der Waals surface area (Å²) in [4.78, 5) is 11.9. The summed E-state index contributed by atoms with van der Waals surface area (Å²) < 4.78 is 7.29. The second-order valence-electron chi connectivity index (χ2n) is 5.11. The lowest BCUT2D eigenvalue weighted by Crippen LogP contribution is -2.12. The molecule has 0 radical (unpaired) electrons. The van der Waals surface area contributed by atoms with E-state index in [9.17, 15) is 4.79 Å². The first-order valence-electron chi connectivity index (χ1n) is 7.08. The maximum Gasteiger partial charge on any atom is 0.317 e. The third-order valence-corrected chi connectivity index (χ3v) is 3.46. The van der Waals surface area contributed by atoms with Crippen molar-refractivity contribution in [3.8, 4) is 5.75 Å². The Labute approximate surface area is 118 Å². The van der Waals surface area contributed by atoms with Crippen LogP contribution in [0.25, 0.3) is 0 Å². The molecule has 4 heteroatoms. The van der Waals surface area contributed by atoms with Crippen molar-refractivity contribution in [2.75, 3.05) is 0 Å². The SMILES string of the molecule is CCn1nc(CC(=O)Oc2ccccc2)cc1C1CC1. The summed E-state index contributed by atoms with van der Waals surface area (Å²) in [5, 5.41) is 4.49. The van der Waals surface area contributed by atoms with Crippen molar-refractivity contribution in [2.45, 2.75) is 38.6 Å². The van der Waals surface area contributed by atoms with Gasteiger partial charge in [-0.25, -0.2) is 0 Å². The molecule has 20 heavy (non-hydrogen) atoms. The van der Waals surface area contributed by atoms with Crippen molar-refractivity contribution in [1.82, 2.24) is 9.78 Å². The van der Waals surface area contributed by atoms with E-state index in [2.05, 4.69) is 12.0 Å². The van der Waals surface area contributed by atoms with Crippen molar-refractivity contribution < 1.29 is 9.53 Å². The van der Waals surface area contributed by atoms with Gasteiger partial charge in [0.25, 0.3) is 0 Å². The minimum absolute atomic E-state index is 0.224. The van der Waals surface area contributed by atoms with E-state index in [0.717, 1.165) is 12.2 Å². The van der Waals surface area contributed by atoms with E-state index < -0.39 is 0 Å². The number of rotatable bonds is 5. The van der Waals surface area contributed by atoms with Gasteiger partial charge in [-0.3, -0.25) is 9.48 Å². The molecule has 1 aliphatic carbocycles. The molecule has 0 bridgehead atoms. The summed E-state index contributed by atoms with van der Waals surface area (Å²) in [7, 11) is 0. The van der Waals surface area contributed by atoms with Crippen molar-refractivity contribution in [3.05, 3.63) is 47.8 Å². The predicted molar refractivity (Wildman–Crippen MR) is 75.7 cm³/mol. The number of ether oxygens (including phenoxy) is 1. The highest BCUT2D eigenvalue weighted by Crippen LogP contribution is 2.40. The lowest BCUT2D eigenvalue weighted by molar-refractivity contribution is -0.133. The fourth-order valence-corrected chi connectivity index (χ4v) is 2.34. The summed E-state index contributed by atoms with van der Waals surface area (Å²) in [6, 6.07) is 11.2. The Morgan fingerprint density at radius 3 is 2.75 bits per heavy atom. The topological polar surface area (TPSA) is 44.1 Å². The van der Waals surface area contributed by atoms with Crippen LogP contribution >= 0.6 is 0 Å². The molecule has 0 amide bonds. The molecular weight excluding hydrogens is 252 g/mol. The van der Waals surface area contributed by atoms with Gasteiger partial charge in [0.05, 0.1) is 12.1 Å². The Morgan fingerprint density at radius 1 is 1.35 bits per heavy atom. The largest absolute Gasteiger partial charge is 0.426 e. The molecule has 1 fully saturated rings. The van der Waals surface area contributed by atoms with Gasteiger partial charge in [0.15, 0.2) is 0 Å². The number of carbonyl (C=O) groups excluding carboxylic acids is 1. The Balaban J connectivity index is 1.66. The maximum atomic E-state index is 11.9. The molecule has 0 saturated heterocycles. The quantitative estimate of drug-likeness (QED) is 0.620. The zero-order chi connectivity index (χ0) is 13.9. The maximum absolute atomic E-state index is 11.9. The average molecular weight is 270 g/mol. The molecule has 1 aromatic carbocycles. The van der Waals surface area contributed by atoms with Crippen LogP contribution in [0.1, 0.15) is 37.1 Å². The number of benzene rings is 1. The van der Waals surface area contributed by atoms with Gasteiger partial charge < -0.3 is 4.74 Å². The number of nitrogens with zero attached hydrogens (tertiary/aromatic N) is 2. The van der Waals surface area contributed by atoms with Crippen molar-refractivity contribution in [3.63, 3.8) is 0 Å². The molecule has 0 unspecified atom stereocenters. The average Bonchev–Trinajstić information content (AvgIpc) is 3.21. The molecule has 4 nitrogen and oxygen atoms in total. The second kappa shape index (κ2) is 5.49. The second-order valence-corrected chi connectivity index (χ2v) is 5.11. The number of aromatic nitrogens is 2. The Morgan fingerprint density at radius 2 is 2.10 bits per heavy atom. The van der Waals surface area contributed by atoms with Gasteiger partial charge in [-0.1, -0.05) is 18.2 Å². The number of para-hydroxylation sites is 1. The molecular formula is C16H18N2O2. The minimum atomic E-state index is -0.265. The first kappa shape index (κ1) is 12.9. The van der Waals surface area contributed by atoms with Gasteiger partial charge in [0.2, 0.25) is 0 Å². The van der Waals surface area contributed by atoms with Gasteiger partial charge >= 0.3 is 5.97 Å². The van der Waals surface area contributed by atoms with Crippen molar-refractivity contribution in [2.24, 2.45) is 0 Å². The van der Waals surface area contributed by atoms with E-state index in [1.807, 2.05) is 28.9 Å². The van der Waals surface area contributed by atoms with Gasteiger partial charge in [0, 0.05) is 18.2 Å². The standard InChI is InChI=1S/C16H18N2O2/c1-2-18-15(12-8-9-12)10-13(17-18)11-16(19)20-14-6-4-3-5-7-14/h3-7,10,12H,2,8-9,11H2,1H3. The summed E-state index contributed by atoms with van der Waals surface area (Å²) in [6.07, 6.45) is 2.70. The van der Waals surface area contributed by atoms with E-state index in [1.54, 1.807) is 12.1 Å². The molecule has 1 saturated carbocycles. The summed E-state index contributed by atoms with van der Waals surface area (Å²) in [6.45, 7) is 2.92. The Bertz CT molecular complexity index is 600. The van der Waals surface area contributed by atoms with Crippen LogP contribution in [-0.4, -0.2) is 15.7 Å². The van der Waals surface area contributed by atoms with Crippen LogP contribution in [0.15, 0.2) is 36.4 Å². The zero-order valence-electron chi connectivity index (χ0n) is 11.6.